The molecule has 3 aromatic rings. The van der Waals surface area contributed by atoms with Crippen molar-refractivity contribution in [2.75, 3.05) is 19.1 Å². The molecule has 0 unspecified atom stereocenters. The van der Waals surface area contributed by atoms with E-state index >= 15 is 0 Å². The van der Waals surface area contributed by atoms with E-state index in [4.69, 9.17) is 37.4 Å². The third kappa shape index (κ3) is 4.03. The number of hydrogen-bond donors (Lipinski definition) is 0. The van der Waals surface area contributed by atoms with E-state index in [1.807, 2.05) is 37.3 Å². The molecule has 5 nitrogen and oxygen atoms in total. The van der Waals surface area contributed by atoms with Crippen LogP contribution in [0, 0.1) is 6.92 Å². The molecule has 0 N–H and O–H groups in total. The lowest BCUT2D eigenvalue weighted by Gasteiger charge is -2.46. The Hall–Kier alpha value is -2.89. The number of methoxy groups -OCH3 is 2. The molecule has 1 aliphatic rings. The van der Waals surface area contributed by atoms with E-state index in [2.05, 4.69) is 0 Å². The van der Waals surface area contributed by atoms with Crippen molar-refractivity contribution >= 4 is 34.8 Å². The van der Waals surface area contributed by atoms with Crippen LogP contribution in [0.1, 0.15) is 17.2 Å². The van der Waals surface area contributed by atoms with Crippen molar-refractivity contribution in [3.63, 3.8) is 0 Å². The molecule has 1 aliphatic heterocycles. The van der Waals surface area contributed by atoms with Crippen LogP contribution in [-0.2, 0) is 4.79 Å². The minimum atomic E-state index is -0.709. The molecule has 160 valence electrons. The molecule has 2 atom stereocenters. The number of β-lactam (4-membered cyclic amide) rings is 1. The molecule has 0 aliphatic carbocycles. The Morgan fingerprint density at radius 2 is 1.58 bits per heavy atom. The van der Waals surface area contributed by atoms with Crippen LogP contribution in [0.25, 0.3) is 0 Å². The lowest BCUT2D eigenvalue weighted by molar-refractivity contribution is -0.135. The van der Waals surface area contributed by atoms with Crippen LogP contribution >= 0.6 is 23.2 Å². The van der Waals surface area contributed by atoms with Crippen molar-refractivity contribution in [2.24, 2.45) is 0 Å². The van der Waals surface area contributed by atoms with Gasteiger partial charge in [-0.25, -0.2) is 0 Å². The minimum absolute atomic E-state index is 0.158. The Morgan fingerprint density at radius 1 is 0.871 bits per heavy atom. The Labute approximate surface area is 191 Å². The van der Waals surface area contributed by atoms with Crippen molar-refractivity contribution in [3.8, 4) is 17.2 Å². The number of anilines is 1. The Balaban J connectivity index is 1.74. The second-order valence-corrected chi connectivity index (χ2v) is 8.04. The number of nitrogens with zero attached hydrogens (tertiary/aromatic N) is 1. The zero-order valence-electron chi connectivity index (χ0n) is 17.3. The van der Waals surface area contributed by atoms with Gasteiger partial charge in [0.1, 0.15) is 11.8 Å². The van der Waals surface area contributed by atoms with E-state index in [1.165, 1.54) is 0 Å². The molecule has 0 saturated carbocycles. The molecule has 0 bridgehead atoms. The number of rotatable bonds is 6. The van der Waals surface area contributed by atoms with E-state index in [0.717, 1.165) is 11.1 Å². The van der Waals surface area contributed by atoms with E-state index in [1.54, 1.807) is 49.5 Å². The summed E-state index contributed by atoms with van der Waals surface area (Å²) in [6.07, 6.45) is -0.709. The molecule has 0 spiro atoms. The number of benzene rings is 3. The minimum Gasteiger partial charge on any atom is -0.493 e. The fourth-order valence-corrected chi connectivity index (χ4v) is 3.92. The molecule has 1 amide bonds. The molecule has 1 saturated heterocycles. The zero-order valence-corrected chi connectivity index (χ0v) is 18.8. The summed E-state index contributed by atoms with van der Waals surface area (Å²) in [5, 5.41) is 1.19. The number of halogens is 2. The van der Waals surface area contributed by atoms with Crippen LogP contribution in [0.5, 0.6) is 17.2 Å². The van der Waals surface area contributed by atoms with Crippen LogP contribution in [0.3, 0.4) is 0 Å². The van der Waals surface area contributed by atoms with Crippen LogP contribution in [0.4, 0.5) is 5.69 Å². The van der Waals surface area contributed by atoms with Gasteiger partial charge in [0.2, 0.25) is 6.10 Å². The van der Waals surface area contributed by atoms with Crippen LogP contribution < -0.4 is 19.1 Å². The molecular weight excluding hydrogens is 437 g/mol. The lowest BCUT2D eigenvalue weighted by atomic mass is 9.89. The highest BCUT2D eigenvalue weighted by atomic mass is 35.5. The first-order valence-corrected chi connectivity index (χ1v) is 10.4. The maximum absolute atomic E-state index is 13.2. The number of carbonyl (C=O) groups is 1. The van der Waals surface area contributed by atoms with Crippen LogP contribution in [0.2, 0.25) is 10.0 Å². The summed E-state index contributed by atoms with van der Waals surface area (Å²) in [6.45, 7) is 1.92. The van der Waals surface area contributed by atoms with Gasteiger partial charge in [0, 0.05) is 15.7 Å². The Kier molecular flexibility index (Phi) is 5.99. The van der Waals surface area contributed by atoms with E-state index in [-0.39, 0.29) is 11.9 Å². The first-order valence-electron chi connectivity index (χ1n) is 9.66. The highest BCUT2D eigenvalue weighted by Crippen LogP contribution is 2.44. The van der Waals surface area contributed by atoms with Gasteiger partial charge >= 0.3 is 0 Å². The predicted octanol–water partition coefficient (Wildman–Crippen LogP) is 5.85. The summed E-state index contributed by atoms with van der Waals surface area (Å²) in [7, 11) is 3.16. The Morgan fingerprint density at radius 3 is 2.23 bits per heavy atom. The lowest BCUT2D eigenvalue weighted by Crippen LogP contribution is -2.61. The van der Waals surface area contributed by atoms with Gasteiger partial charge in [-0.3, -0.25) is 9.69 Å². The smallest absolute Gasteiger partial charge is 0.271 e. The SMILES string of the molecule is COc1ccc([C@@H]2[C@H](Oc3ccc(Cl)cc3)C(=O)N2c2ccc(C)c(Cl)c2)cc1OC. The molecule has 0 aromatic heterocycles. The zero-order chi connectivity index (χ0) is 22.1. The van der Waals surface area contributed by atoms with Crippen molar-refractivity contribution in [3.05, 3.63) is 81.8 Å². The quantitative estimate of drug-likeness (QED) is 0.435. The first-order chi connectivity index (χ1) is 14.9. The third-order valence-electron chi connectivity index (χ3n) is 5.31. The monoisotopic (exact) mass is 457 g/mol. The molecule has 7 heteroatoms. The highest BCUT2D eigenvalue weighted by molar-refractivity contribution is 6.31. The second-order valence-electron chi connectivity index (χ2n) is 7.19. The highest BCUT2D eigenvalue weighted by Gasteiger charge is 2.51. The second kappa shape index (κ2) is 8.69. The van der Waals surface area contributed by atoms with Gasteiger partial charge in [-0.05, 0) is 66.6 Å². The topological polar surface area (TPSA) is 48.0 Å². The average Bonchev–Trinajstić information content (AvgIpc) is 2.78. The van der Waals surface area contributed by atoms with E-state index in [9.17, 15) is 4.79 Å². The van der Waals surface area contributed by atoms with Gasteiger partial charge in [0.15, 0.2) is 11.5 Å². The molecule has 4 rings (SSSR count). The summed E-state index contributed by atoms with van der Waals surface area (Å²) in [5.41, 5.74) is 2.50. The largest absolute Gasteiger partial charge is 0.493 e. The van der Waals surface area contributed by atoms with Crippen LogP contribution in [-0.4, -0.2) is 26.2 Å². The van der Waals surface area contributed by atoms with E-state index in [0.29, 0.717) is 33.0 Å². The van der Waals surface area contributed by atoms with Gasteiger partial charge in [-0.15, -0.1) is 0 Å². The van der Waals surface area contributed by atoms with Crippen molar-refractivity contribution < 1.29 is 19.0 Å². The summed E-state index contributed by atoms with van der Waals surface area (Å²) < 4.78 is 16.9. The summed E-state index contributed by atoms with van der Waals surface area (Å²) >= 11 is 12.3. The maximum atomic E-state index is 13.2. The molecule has 1 heterocycles. The van der Waals surface area contributed by atoms with Crippen molar-refractivity contribution in [1.29, 1.82) is 0 Å². The molecule has 3 aromatic carbocycles. The third-order valence-corrected chi connectivity index (χ3v) is 5.96. The van der Waals surface area contributed by atoms with Gasteiger partial charge in [0.25, 0.3) is 5.91 Å². The number of carbonyl (C=O) groups excluding carboxylic acids is 1. The predicted molar refractivity (Wildman–Crippen MR) is 122 cm³/mol. The normalized spacial score (nSPS) is 17.8. The van der Waals surface area contributed by atoms with Crippen molar-refractivity contribution in [2.45, 2.75) is 19.1 Å². The van der Waals surface area contributed by atoms with E-state index < -0.39 is 6.10 Å². The molecule has 1 fully saturated rings. The summed E-state index contributed by atoms with van der Waals surface area (Å²) in [5.74, 6) is 1.59. The standard InChI is InChI=1S/C24H21Cl2NO4/c1-14-4-8-17(13-19(14)26)27-22(15-5-11-20(29-2)21(12-15)30-3)23(24(27)28)31-18-9-6-16(25)7-10-18/h4-13,22-23H,1-3H3/t22-,23+/m1/s1. The molecule has 0 radical (unpaired) electrons. The van der Waals surface area contributed by atoms with Gasteiger partial charge in [-0.2, -0.15) is 0 Å². The van der Waals surface area contributed by atoms with Crippen LogP contribution in [0.15, 0.2) is 60.7 Å². The molecular formula is C24H21Cl2NO4. The number of aryl methyl sites for hydroxylation is 1. The summed E-state index contributed by atoms with van der Waals surface area (Å²) in [4.78, 5) is 14.9. The fraction of sp³-hybridized carbons (Fsp3) is 0.208. The number of hydrogen-bond acceptors (Lipinski definition) is 4. The number of amides is 1. The van der Waals surface area contributed by atoms with Gasteiger partial charge in [-0.1, -0.05) is 35.3 Å². The number of ether oxygens (including phenoxy) is 3. The maximum Gasteiger partial charge on any atom is 0.271 e. The average molecular weight is 458 g/mol. The first kappa shape index (κ1) is 21.3. The fourth-order valence-electron chi connectivity index (χ4n) is 3.62. The Bertz CT molecular complexity index is 1120. The van der Waals surface area contributed by atoms with Gasteiger partial charge in [0.05, 0.1) is 14.2 Å². The molecule has 31 heavy (non-hydrogen) atoms. The van der Waals surface area contributed by atoms with Gasteiger partial charge < -0.3 is 14.2 Å². The summed E-state index contributed by atoms with van der Waals surface area (Å²) in [6, 6.07) is 17.7. The van der Waals surface area contributed by atoms with Crippen molar-refractivity contribution in [1.82, 2.24) is 0 Å².